The molecule has 0 fully saturated rings. The molecule has 1 rings (SSSR count). The van der Waals surface area contributed by atoms with Gasteiger partial charge < -0.3 is 5.32 Å². The molecule has 0 spiro atoms. The van der Waals surface area contributed by atoms with Gasteiger partial charge in [0.1, 0.15) is 0 Å². The molecule has 0 amide bonds. The molecule has 1 N–H and O–H groups in total. The molecule has 0 aliphatic heterocycles. The molecule has 102 valence electrons. The van der Waals surface area contributed by atoms with Crippen LogP contribution in [-0.4, -0.2) is 17.1 Å². The third-order valence-electron chi connectivity index (χ3n) is 3.58. The van der Waals surface area contributed by atoms with Gasteiger partial charge in [0.05, 0.1) is 0 Å². The van der Waals surface area contributed by atoms with Crippen LogP contribution < -0.4 is 5.32 Å². The Morgan fingerprint density at radius 2 is 1.89 bits per heavy atom. The lowest BCUT2D eigenvalue weighted by molar-refractivity contribution is 0.334. The van der Waals surface area contributed by atoms with Crippen molar-refractivity contribution in [2.75, 3.05) is 6.54 Å². The fraction of sp³-hybridized carbons (Fsp3) is 0.688. The summed E-state index contributed by atoms with van der Waals surface area (Å²) in [6, 6.07) is 4.25. The van der Waals surface area contributed by atoms with E-state index >= 15 is 0 Å². The van der Waals surface area contributed by atoms with Gasteiger partial charge in [-0.15, -0.1) is 0 Å². The Morgan fingerprint density at radius 1 is 1.22 bits per heavy atom. The Kier molecular flexibility index (Phi) is 5.80. The molecule has 0 radical (unpaired) electrons. The van der Waals surface area contributed by atoms with E-state index in [0.717, 1.165) is 12.5 Å². The summed E-state index contributed by atoms with van der Waals surface area (Å²) in [6.45, 7) is 12.3. The van der Waals surface area contributed by atoms with Crippen LogP contribution in [0.1, 0.15) is 58.9 Å². The molecule has 1 aromatic rings. The lowest BCUT2D eigenvalue weighted by atomic mass is 9.83. The van der Waals surface area contributed by atoms with Crippen molar-refractivity contribution in [2.24, 2.45) is 5.92 Å². The molecule has 0 aliphatic rings. The van der Waals surface area contributed by atoms with Crippen LogP contribution in [0, 0.1) is 5.92 Å². The van der Waals surface area contributed by atoms with E-state index in [4.69, 9.17) is 0 Å². The van der Waals surface area contributed by atoms with Crippen molar-refractivity contribution in [3.8, 4) is 0 Å². The molecular formula is C16H28N2. The number of nitrogens with zero attached hydrogens (tertiary/aromatic N) is 1. The van der Waals surface area contributed by atoms with Gasteiger partial charge in [-0.2, -0.15) is 0 Å². The minimum Gasteiger partial charge on any atom is -0.311 e. The zero-order valence-electron chi connectivity index (χ0n) is 12.5. The molecule has 1 heterocycles. The van der Waals surface area contributed by atoms with E-state index < -0.39 is 0 Å². The predicted molar refractivity (Wildman–Crippen MR) is 78.8 cm³/mol. The molecule has 0 saturated carbocycles. The second-order valence-corrected chi connectivity index (χ2v) is 6.10. The summed E-state index contributed by atoms with van der Waals surface area (Å²) in [5.41, 5.74) is 1.54. The summed E-state index contributed by atoms with van der Waals surface area (Å²) in [6.07, 6.45) is 6.32. The van der Waals surface area contributed by atoms with Crippen LogP contribution in [0.5, 0.6) is 0 Å². The summed E-state index contributed by atoms with van der Waals surface area (Å²) >= 11 is 0. The monoisotopic (exact) mass is 248 g/mol. The average molecular weight is 248 g/mol. The first kappa shape index (κ1) is 15.2. The Hall–Kier alpha value is -0.890. The van der Waals surface area contributed by atoms with Crippen LogP contribution in [0.4, 0.5) is 0 Å². The minimum atomic E-state index is 0.173. The molecule has 2 nitrogen and oxygen atoms in total. The third kappa shape index (κ3) is 4.77. The Balaban J connectivity index is 2.82. The van der Waals surface area contributed by atoms with Gasteiger partial charge in [0.15, 0.2) is 0 Å². The van der Waals surface area contributed by atoms with Crippen LogP contribution in [0.3, 0.4) is 0 Å². The van der Waals surface area contributed by atoms with Crippen molar-refractivity contribution in [2.45, 2.75) is 58.9 Å². The van der Waals surface area contributed by atoms with E-state index in [1.165, 1.54) is 18.4 Å². The van der Waals surface area contributed by atoms with Crippen molar-refractivity contribution < 1.29 is 0 Å². The lowest BCUT2D eigenvalue weighted by Gasteiger charge is -2.30. The van der Waals surface area contributed by atoms with Crippen LogP contribution in [0.25, 0.3) is 0 Å². The van der Waals surface area contributed by atoms with Gasteiger partial charge in [-0.1, -0.05) is 32.8 Å². The quantitative estimate of drug-likeness (QED) is 0.823. The normalized spacial score (nSPS) is 13.9. The molecule has 0 aromatic carbocycles. The van der Waals surface area contributed by atoms with Crippen molar-refractivity contribution in [1.29, 1.82) is 0 Å². The number of aromatic nitrogens is 1. The topological polar surface area (TPSA) is 24.9 Å². The predicted octanol–water partition coefficient (Wildman–Crippen LogP) is 3.99. The zero-order valence-corrected chi connectivity index (χ0v) is 12.5. The van der Waals surface area contributed by atoms with E-state index in [2.05, 4.69) is 51.0 Å². The molecule has 0 saturated heterocycles. The fourth-order valence-electron chi connectivity index (χ4n) is 2.43. The average Bonchev–Trinajstić information content (AvgIpc) is 2.34. The first-order valence-corrected chi connectivity index (χ1v) is 7.12. The minimum absolute atomic E-state index is 0.173. The van der Waals surface area contributed by atoms with Gasteiger partial charge in [-0.05, 0) is 38.3 Å². The number of rotatable bonds is 6. The van der Waals surface area contributed by atoms with Crippen molar-refractivity contribution in [1.82, 2.24) is 10.3 Å². The Morgan fingerprint density at radius 3 is 2.33 bits per heavy atom. The SMILES string of the molecule is CCC(CC)C(CNC(C)(C)C)c1cccnc1. The van der Waals surface area contributed by atoms with Gasteiger partial charge in [-0.3, -0.25) is 4.98 Å². The van der Waals surface area contributed by atoms with Crippen LogP contribution in [0.2, 0.25) is 0 Å². The maximum absolute atomic E-state index is 4.27. The van der Waals surface area contributed by atoms with Gasteiger partial charge in [-0.25, -0.2) is 0 Å². The highest BCUT2D eigenvalue weighted by Gasteiger charge is 2.22. The lowest BCUT2D eigenvalue weighted by Crippen LogP contribution is -2.40. The smallest absolute Gasteiger partial charge is 0.0303 e. The summed E-state index contributed by atoms with van der Waals surface area (Å²) in [5.74, 6) is 1.29. The van der Waals surface area contributed by atoms with E-state index in [-0.39, 0.29) is 5.54 Å². The zero-order chi connectivity index (χ0) is 13.6. The second-order valence-electron chi connectivity index (χ2n) is 6.10. The van der Waals surface area contributed by atoms with Crippen molar-refractivity contribution in [3.63, 3.8) is 0 Å². The highest BCUT2D eigenvalue weighted by molar-refractivity contribution is 5.16. The van der Waals surface area contributed by atoms with Gasteiger partial charge in [0.2, 0.25) is 0 Å². The summed E-state index contributed by atoms with van der Waals surface area (Å²) in [7, 11) is 0. The Labute approximate surface area is 112 Å². The number of hydrogen-bond donors (Lipinski definition) is 1. The Bertz CT molecular complexity index is 323. The van der Waals surface area contributed by atoms with E-state index in [1.54, 1.807) is 0 Å². The van der Waals surface area contributed by atoms with E-state index in [1.807, 2.05) is 18.5 Å². The maximum Gasteiger partial charge on any atom is 0.0303 e. The molecular weight excluding hydrogens is 220 g/mol. The molecule has 1 unspecified atom stereocenters. The van der Waals surface area contributed by atoms with E-state index in [0.29, 0.717) is 5.92 Å². The van der Waals surface area contributed by atoms with Crippen LogP contribution in [0.15, 0.2) is 24.5 Å². The summed E-state index contributed by atoms with van der Waals surface area (Å²) in [4.78, 5) is 4.27. The first-order chi connectivity index (χ1) is 8.48. The van der Waals surface area contributed by atoms with Gasteiger partial charge >= 0.3 is 0 Å². The maximum atomic E-state index is 4.27. The fourth-order valence-corrected chi connectivity index (χ4v) is 2.43. The first-order valence-electron chi connectivity index (χ1n) is 7.12. The highest BCUT2D eigenvalue weighted by atomic mass is 14.9. The molecule has 0 aliphatic carbocycles. The standard InChI is InChI=1S/C16H28N2/c1-6-13(7-2)15(12-18-16(3,4)5)14-9-8-10-17-11-14/h8-11,13,15,18H,6-7,12H2,1-5H3. The molecule has 0 bridgehead atoms. The van der Waals surface area contributed by atoms with Gasteiger partial charge in [0.25, 0.3) is 0 Å². The van der Waals surface area contributed by atoms with E-state index in [9.17, 15) is 0 Å². The number of hydrogen-bond acceptors (Lipinski definition) is 2. The highest BCUT2D eigenvalue weighted by Crippen LogP contribution is 2.29. The molecule has 2 heteroatoms. The number of nitrogens with one attached hydrogen (secondary N) is 1. The molecule has 18 heavy (non-hydrogen) atoms. The third-order valence-corrected chi connectivity index (χ3v) is 3.58. The summed E-state index contributed by atoms with van der Waals surface area (Å²) < 4.78 is 0. The largest absolute Gasteiger partial charge is 0.311 e. The van der Waals surface area contributed by atoms with Crippen LogP contribution >= 0.6 is 0 Å². The molecule has 1 atom stereocenters. The molecule has 1 aromatic heterocycles. The number of pyridine rings is 1. The van der Waals surface area contributed by atoms with Gasteiger partial charge in [0, 0.05) is 30.4 Å². The van der Waals surface area contributed by atoms with Crippen molar-refractivity contribution >= 4 is 0 Å². The van der Waals surface area contributed by atoms with Crippen molar-refractivity contribution in [3.05, 3.63) is 30.1 Å². The summed E-state index contributed by atoms with van der Waals surface area (Å²) in [5, 5.41) is 3.64. The van der Waals surface area contributed by atoms with Crippen LogP contribution in [-0.2, 0) is 0 Å². The second kappa shape index (κ2) is 6.89.